The van der Waals surface area contributed by atoms with Gasteiger partial charge in [-0.1, -0.05) is 0 Å². The first-order valence-corrected chi connectivity index (χ1v) is 6.10. The molecule has 0 fully saturated rings. The third-order valence-corrected chi connectivity index (χ3v) is 2.52. The molecule has 3 N–H and O–H groups in total. The van der Waals surface area contributed by atoms with Crippen LogP contribution in [-0.2, 0) is 11.3 Å². The number of nitrogens with one attached hydrogen (secondary N) is 1. The van der Waals surface area contributed by atoms with E-state index in [-0.39, 0.29) is 18.5 Å². The maximum atomic E-state index is 11.0. The highest BCUT2D eigenvalue weighted by Gasteiger charge is 2.13. The zero-order valence-corrected chi connectivity index (χ0v) is 11.2. The van der Waals surface area contributed by atoms with Crippen molar-refractivity contribution in [3.05, 3.63) is 18.1 Å². The molecule has 6 heteroatoms. The van der Waals surface area contributed by atoms with Crippen LogP contribution in [0.3, 0.4) is 0 Å². The van der Waals surface area contributed by atoms with Gasteiger partial charge < -0.3 is 11.1 Å². The normalized spacial score (nSPS) is 10.9. The minimum absolute atomic E-state index is 0.229. The van der Waals surface area contributed by atoms with Crippen LogP contribution < -0.4 is 11.1 Å². The summed E-state index contributed by atoms with van der Waals surface area (Å²) in [5.74, 6) is 0.424. The van der Waals surface area contributed by atoms with E-state index in [1.54, 1.807) is 12.4 Å². The van der Waals surface area contributed by atoms with Crippen molar-refractivity contribution in [2.24, 2.45) is 5.73 Å². The lowest BCUT2D eigenvalue weighted by molar-refractivity contribution is -0.119. The van der Waals surface area contributed by atoms with Crippen molar-refractivity contribution >= 4 is 11.7 Å². The summed E-state index contributed by atoms with van der Waals surface area (Å²) in [4.78, 5) is 21.5. The van der Waals surface area contributed by atoms with Gasteiger partial charge >= 0.3 is 0 Å². The van der Waals surface area contributed by atoms with E-state index in [1.807, 2.05) is 25.7 Å². The molecule has 0 aliphatic rings. The Morgan fingerprint density at radius 2 is 2.17 bits per heavy atom. The van der Waals surface area contributed by atoms with E-state index in [4.69, 9.17) is 5.73 Å². The zero-order chi connectivity index (χ0) is 13.5. The van der Waals surface area contributed by atoms with Crippen LogP contribution in [0.25, 0.3) is 0 Å². The van der Waals surface area contributed by atoms with Gasteiger partial charge in [0, 0.05) is 19.1 Å². The highest BCUT2D eigenvalue weighted by molar-refractivity contribution is 5.75. The van der Waals surface area contributed by atoms with Crippen LogP contribution >= 0.6 is 0 Å². The van der Waals surface area contributed by atoms with Crippen molar-refractivity contribution in [1.29, 1.82) is 0 Å². The Kier molecular flexibility index (Phi) is 5.51. The van der Waals surface area contributed by atoms with Gasteiger partial charge in [0.2, 0.25) is 5.91 Å². The van der Waals surface area contributed by atoms with Crippen molar-refractivity contribution in [2.45, 2.75) is 33.4 Å². The maximum Gasteiger partial charge on any atom is 0.231 e. The summed E-state index contributed by atoms with van der Waals surface area (Å²) in [6.07, 6.45) is 3.41. The smallest absolute Gasteiger partial charge is 0.231 e. The molecular formula is C12H21N5O. The number of carbonyl (C=O) groups excluding carboxylic acids is 1. The second-order valence-electron chi connectivity index (χ2n) is 4.39. The van der Waals surface area contributed by atoms with Crippen molar-refractivity contribution in [2.75, 3.05) is 18.4 Å². The summed E-state index contributed by atoms with van der Waals surface area (Å²) in [5, 5.41) is 3.08. The Morgan fingerprint density at radius 3 is 2.61 bits per heavy atom. The summed E-state index contributed by atoms with van der Waals surface area (Å²) < 4.78 is 0. The predicted octanol–water partition coefficient (Wildman–Crippen LogP) is 0.604. The molecule has 0 aromatic carbocycles. The number of nitrogens with two attached hydrogens (primary N) is 1. The van der Waals surface area contributed by atoms with Gasteiger partial charge in [-0.05, 0) is 20.8 Å². The van der Waals surface area contributed by atoms with Gasteiger partial charge in [0.1, 0.15) is 5.82 Å². The summed E-state index contributed by atoms with van der Waals surface area (Å²) in [6.45, 7) is 7.65. The number of anilines is 1. The lowest BCUT2D eigenvalue weighted by Gasteiger charge is -2.24. The number of hydrogen-bond donors (Lipinski definition) is 2. The molecule has 0 radical (unpaired) electrons. The fourth-order valence-corrected chi connectivity index (χ4v) is 1.54. The van der Waals surface area contributed by atoms with E-state index in [0.29, 0.717) is 6.54 Å². The lowest BCUT2D eigenvalue weighted by atomic mass is 10.3. The summed E-state index contributed by atoms with van der Waals surface area (Å²) in [7, 11) is 0. The van der Waals surface area contributed by atoms with Gasteiger partial charge in [-0.2, -0.15) is 0 Å². The van der Waals surface area contributed by atoms with Crippen LogP contribution in [0, 0.1) is 0 Å². The molecule has 18 heavy (non-hydrogen) atoms. The van der Waals surface area contributed by atoms with E-state index in [1.165, 1.54) is 0 Å². The molecule has 1 amide bonds. The Bertz CT molecular complexity index is 377. The van der Waals surface area contributed by atoms with Gasteiger partial charge in [-0.15, -0.1) is 0 Å². The number of hydrogen-bond acceptors (Lipinski definition) is 5. The SMILES string of the molecule is CCNc1cnc(CN(CC(N)=O)C(C)C)cn1. The fraction of sp³-hybridized carbons (Fsp3) is 0.583. The number of nitrogens with zero attached hydrogens (tertiary/aromatic N) is 3. The molecule has 0 unspecified atom stereocenters. The number of carbonyl (C=O) groups is 1. The number of primary amides is 1. The molecule has 100 valence electrons. The first-order valence-electron chi connectivity index (χ1n) is 6.10. The fourth-order valence-electron chi connectivity index (χ4n) is 1.54. The first-order chi connectivity index (χ1) is 8.52. The predicted molar refractivity (Wildman–Crippen MR) is 70.9 cm³/mol. The highest BCUT2D eigenvalue weighted by Crippen LogP contribution is 2.06. The Balaban J connectivity index is 2.65. The molecule has 0 bridgehead atoms. The molecule has 1 aromatic heterocycles. The van der Waals surface area contributed by atoms with E-state index in [0.717, 1.165) is 18.1 Å². The molecule has 0 saturated carbocycles. The third-order valence-electron chi connectivity index (χ3n) is 2.52. The molecule has 1 rings (SSSR count). The number of rotatable bonds is 7. The van der Waals surface area contributed by atoms with E-state index in [2.05, 4.69) is 15.3 Å². The highest BCUT2D eigenvalue weighted by atomic mass is 16.1. The molecular weight excluding hydrogens is 230 g/mol. The standard InChI is InChI=1S/C12H21N5O/c1-4-14-12-6-15-10(5-16-12)7-17(9(2)3)8-11(13)18/h5-6,9H,4,7-8H2,1-3H3,(H2,13,18)(H,14,16). The quantitative estimate of drug-likeness (QED) is 0.741. The minimum Gasteiger partial charge on any atom is -0.369 e. The molecule has 0 spiro atoms. The van der Waals surface area contributed by atoms with Crippen LogP contribution in [0.15, 0.2) is 12.4 Å². The van der Waals surface area contributed by atoms with Crippen LogP contribution in [0.1, 0.15) is 26.5 Å². The van der Waals surface area contributed by atoms with Crippen molar-refractivity contribution in [3.8, 4) is 0 Å². The average molecular weight is 251 g/mol. The molecule has 0 aliphatic heterocycles. The molecule has 6 nitrogen and oxygen atoms in total. The number of amides is 1. The van der Waals surface area contributed by atoms with Gasteiger partial charge in [0.05, 0.1) is 24.6 Å². The van der Waals surface area contributed by atoms with Gasteiger partial charge in [-0.25, -0.2) is 4.98 Å². The third kappa shape index (κ3) is 4.67. The van der Waals surface area contributed by atoms with Crippen LogP contribution in [0.5, 0.6) is 0 Å². The summed E-state index contributed by atoms with van der Waals surface area (Å²) in [5.41, 5.74) is 6.05. The average Bonchev–Trinajstić information content (AvgIpc) is 2.30. The van der Waals surface area contributed by atoms with Gasteiger partial charge in [0.15, 0.2) is 0 Å². The molecule has 1 aromatic rings. The summed E-state index contributed by atoms with van der Waals surface area (Å²) >= 11 is 0. The van der Waals surface area contributed by atoms with Gasteiger partial charge in [-0.3, -0.25) is 14.7 Å². The zero-order valence-electron chi connectivity index (χ0n) is 11.2. The lowest BCUT2D eigenvalue weighted by Crippen LogP contribution is -2.38. The summed E-state index contributed by atoms with van der Waals surface area (Å²) in [6, 6.07) is 0.229. The number of aromatic nitrogens is 2. The Labute approximate surface area is 108 Å². The minimum atomic E-state index is -0.332. The Morgan fingerprint density at radius 1 is 1.44 bits per heavy atom. The molecule has 0 aliphatic carbocycles. The second-order valence-corrected chi connectivity index (χ2v) is 4.39. The molecule has 0 atom stereocenters. The van der Waals surface area contributed by atoms with Crippen molar-refractivity contribution < 1.29 is 4.79 Å². The first kappa shape index (κ1) is 14.4. The van der Waals surface area contributed by atoms with Crippen molar-refractivity contribution in [3.63, 3.8) is 0 Å². The van der Waals surface area contributed by atoms with E-state index in [9.17, 15) is 4.79 Å². The van der Waals surface area contributed by atoms with Crippen LogP contribution in [-0.4, -0.2) is 39.9 Å². The van der Waals surface area contributed by atoms with E-state index < -0.39 is 0 Å². The van der Waals surface area contributed by atoms with E-state index >= 15 is 0 Å². The van der Waals surface area contributed by atoms with Crippen LogP contribution in [0.2, 0.25) is 0 Å². The maximum absolute atomic E-state index is 11.0. The van der Waals surface area contributed by atoms with Gasteiger partial charge in [0.25, 0.3) is 0 Å². The largest absolute Gasteiger partial charge is 0.369 e. The second kappa shape index (κ2) is 6.90. The molecule has 1 heterocycles. The van der Waals surface area contributed by atoms with Crippen molar-refractivity contribution in [1.82, 2.24) is 14.9 Å². The topological polar surface area (TPSA) is 84.1 Å². The van der Waals surface area contributed by atoms with Crippen LogP contribution in [0.4, 0.5) is 5.82 Å². The molecule has 0 saturated heterocycles. The Hall–Kier alpha value is -1.69. The monoisotopic (exact) mass is 251 g/mol.